The van der Waals surface area contributed by atoms with E-state index in [4.69, 9.17) is 37.0 Å². The fourth-order valence-electron chi connectivity index (χ4n) is 3.04. The van der Waals surface area contributed by atoms with Gasteiger partial charge in [0.2, 0.25) is 5.91 Å². The summed E-state index contributed by atoms with van der Waals surface area (Å²) in [6.45, 7) is 10.2. The summed E-state index contributed by atoms with van der Waals surface area (Å²) in [6.07, 6.45) is 3.65. The monoisotopic (exact) mass is 609 g/mol. The fourth-order valence-corrected chi connectivity index (χ4v) is 3.04. The first-order chi connectivity index (χ1) is 19.3. The van der Waals surface area contributed by atoms with E-state index in [-0.39, 0.29) is 11.9 Å². The van der Waals surface area contributed by atoms with Gasteiger partial charge in [0.1, 0.15) is 30.2 Å². The molecule has 16 nitrogen and oxygen atoms in total. The Morgan fingerprint density at radius 1 is 0.786 bits per heavy atom. The Kier molecular flexibility index (Phi) is 24.9. The Bertz CT molecular complexity index is 807. The number of nitrogens with one attached hydrogen (secondary N) is 3. The van der Waals surface area contributed by atoms with Crippen molar-refractivity contribution in [2.75, 3.05) is 13.6 Å². The van der Waals surface area contributed by atoms with Crippen LogP contribution in [0.5, 0.6) is 0 Å². The van der Waals surface area contributed by atoms with Crippen LogP contribution in [0.2, 0.25) is 0 Å². The fraction of sp³-hybridized carbons (Fsp3) is 0.769. The van der Waals surface area contributed by atoms with Crippen molar-refractivity contribution in [2.45, 2.75) is 103 Å². The zero-order valence-corrected chi connectivity index (χ0v) is 25.3. The molecule has 1 amide bonds. The highest BCUT2D eigenvalue weighted by Gasteiger charge is 2.26. The van der Waals surface area contributed by atoms with Crippen molar-refractivity contribution in [3.63, 3.8) is 0 Å². The maximum absolute atomic E-state index is 10.4. The van der Waals surface area contributed by atoms with Crippen LogP contribution in [-0.2, 0) is 28.8 Å². The van der Waals surface area contributed by atoms with E-state index in [1.165, 1.54) is 0 Å². The predicted molar refractivity (Wildman–Crippen MR) is 154 cm³/mol. The minimum atomic E-state index is -0.944. The summed E-state index contributed by atoms with van der Waals surface area (Å²) in [7, 11) is 1.61. The van der Waals surface area contributed by atoms with Crippen LogP contribution in [-0.4, -0.2) is 105 Å². The molecule has 0 radical (unpaired) electrons. The van der Waals surface area contributed by atoms with Crippen LogP contribution in [0.25, 0.3) is 0 Å². The number of amides is 1. The van der Waals surface area contributed by atoms with Crippen molar-refractivity contribution in [1.29, 1.82) is 0 Å². The molecule has 0 aliphatic carbocycles. The van der Waals surface area contributed by atoms with Crippen LogP contribution in [0.3, 0.4) is 0 Å². The topological polar surface area (TPSA) is 292 Å². The Morgan fingerprint density at radius 2 is 1.21 bits per heavy atom. The second-order valence-electron chi connectivity index (χ2n) is 10.5. The molecule has 16 heteroatoms. The molecule has 0 aromatic heterocycles. The SMILES string of the molecule is CC(C)CC(N)C(=O)O.CC(C)CC(N)C(=O)O.CN[C@@H](C)C(=O)O.O=C(O)C1CCCN1.O=C1CC[C@@H](C(=O)O)N1. The molecule has 2 saturated heterocycles. The average Bonchev–Trinajstić information content (AvgIpc) is 3.56. The van der Waals surface area contributed by atoms with E-state index >= 15 is 0 Å². The van der Waals surface area contributed by atoms with Gasteiger partial charge in [0.25, 0.3) is 0 Å². The van der Waals surface area contributed by atoms with Crippen molar-refractivity contribution in [3.05, 3.63) is 0 Å². The predicted octanol–water partition coefficient (Wildman–Crippen LogP) is -0.260. The quantitative estimate of drug-likeness (QED) is 0.153. The maximum Gasteiger partial charge on any atom is 0.326 e. The Morgan fingerprint density at radius 3 is 1.33 bits per heavy atom. The molecular formula is C26H51N5O11. The molecule has 5 atom stereocenters. The summed E-state index contributed by atoms with van der Waals surface area (Å²) in [5.41, 5.74) is 10.4. The van der Waals surface area contributed by atoms with Gasteiger partial charge in [-0.05, 0) is 64.5 Å². The highest BCUT2D eigenvalue weighted by molar-refractivity contribution is 5.87. The summed E-state index contributed by atoms with van der Waals surface area (Å²) in [5, 5.41) is 49.1. The molecule has 2 fully saturated rings. The third-order valence-corrected chi connectivity index (χ3v) is 5.54. The van der Waals surface area contributed by atoms with Crippen molar-refractivity contribution < 1.29 is 54.3 Å². The van der Waals surface area contributed by atoms with Crippen LogP contribution >= 0.6 is 0 Å². The Labute approximate surface area is 246 Å². The number of hydrogen-bond acceptors (Lipinski definition) is 10. The molecule has 2 aliphatic rings. The molecule has 0 spiro atoms. The van der Waals surface area contributed by atoms with Gasteiger partial charge in [-0.2, -0.15) is 0 Å². The minimum Gasteiger partial charge on any atom is -0.480 e. The summed E-state index contributed by atoms with van der Waals surface area (Å²) >= 11 is 0. The number of rotatable bonds is 10. The molecule has 0 aromatic rings. The minimum absolute atomic E-state index is 0.164. The van der Waals surface area contributed by atoms with E-state index in [0.29, 0.717) is 37.5 Å². The first-order valence-corrected chi connectivity index (χ1v) is 13.6. The lowest BCUT2D eigenvalue weighted by molar-refractivity contribution is -0.140. The first kappa shape index (κ1) is 43.1. The molecule has 2 rings (SSSR count). The molecule has 2 heterocycles. The maximum atomic E-state index is 10.4. The van der Waals surface area contributed by atoms with Gasteiger partial charge < -0.3 is 53.0 Å². The zero-order valence-electron chi connectivity index (χ0n) is 25.3. The third-order valence-electron chi connectivity index (χ3n) is 5.54. The van der Waals surface area contributed by atoms with E-state index in [1.54, 1.807) is 14.0 Å². The number of carbonyl (C=O) groups excluding carboxylic acids is 1. The highest BCUT2D eigenvalue weighted by atomic mass is 16.4. The summed E-state index contributed by atoms with van der Waals surface area (Å²) < 4.78 is 0. The largest absolute Gasteiger partial charge is 0.480 e. The number of aliphatic carboxylic acids is 5. The summed E-state index contributed by atoms with van der Waals surface area (Å²) in [4.78, 5) is 60.7. The average molecular weight is 610 g/mol. The van der Waals surface area contributed by atoms with Crippen molar-refractivity contribution in [1.82, 2.24) is 16.0 Å². The second-order valence-corrected chi connectivity index (χ2v) is 10.5. The standard InChI is InChI=1S/2C6H13NO2.C5H7NO3.C5H9NO2.C4H9NO2/c2*1-4(2)3-5(7)6(8)9;7-4-2-1-3(6-4)5(8)9;7-5(8)4-2-1-3-6-4;1-3(5-2)4(6)7/h2*4-5H,3,7H2,1-2H3,(H,8,9);3H,1-2H2,(H,6,7)(H,8,9);4,6H,1-3H2,(H,7,8);3,5H,1-2H3,(H,6,7)/t;;3-;;3-/m..0.0/s1. The van der Waals surface area contributed by atoms with Gasteiger partial charge in [0, 0.05) is 6.42 Å². The molecule has 0 bridgehead atoms. The van der Waals surface area contributed by atoms with E-state index in [2.05, 4.69) is 16.0 Å². The van der Waals surface area contributed by atoms with E-state index in [1.807, 2.05) is 27.7 Å². The number of carboxylic acids is 5. The van der Waals surface area contributed by atoms with Gasteiger partial charge in [-0.1, -0.05) is 27.7 Å². The summed E-state index contributed by atoms with van der Waals surface area (Å²) in [6, 6.07) is -2.72. The molecule has 42 heavy (non-hydrogen) atoms. The molecule has 0 saturated carbocycles. The molecule has 3 unspecified atom stereocenters. The van der Waals surface area contributed by atoms with Gasteiger partial charge in [-0.25, -0.2) is 4.79 Å². The van der Waals surface area contributed by atoms with Gasteiger partial charge in [0.05, 0.1) is 0 Å². The molecule has 2 aliphatic heterocycles. The van der Waals surface area contributed by atoms with Crippen molar-refractivity contribution in [2.24, 2.45) is 23.3 Å². The number of carboxylic acid groups (broad SMARTS) is 5. The lowest BCUT2D eigenvalue weighted by atomic mass is 10.1. The van der Waals surface area contributed by atoms with Crippen LogP contribution in [0.1, 0.15) is 73.1 Å². The number of hydrogen-bond donors (Lipinski definition) is 10. The number of carbonyl (C=O) groups is 6. The molecule has 0 aromatic carbocycles. The molecule has 12 N–H and O–H groups in total. The van der Waals surface area contributed by atoms with Crippen LogP contribution < -0.4 is 27.4 Å². The smallest absolute Gasteiger partial charge is 0.326 e. The third kappa shape index (κ3) is 25.6. The zero-order chi connectivity index (χ0) is 33.6. The van der Waals surface area contributed by atoms with Crippen molar-refractivity contribution >= 4 is 35.8 Å². The van der Waals surface area contributed by atoms with Crippen molar-refractivity contribution in [3.8, 4) is 0 Å². The first-order valence-electron chi connectivity index (χ1n) is 13.6. The highest BCUT2D eigenvalue weighted by Crippen LogP contribution is 2.05. The lowest BCUT2D eigenvalue weighted by Crippen LogP contribution is -2.32. The van der Waals surface area contributed by atoms with Crippen LogP contribution in [0.4, 0.5) is 0 Å². The normalized spacial score (nSPS) is 19.0. The molecular weight excluding hydrogens is 558 g/mol. The number of nitrogens with two attached hydrogens (primary N) is 2. The van der Waals surface area contributed by atoms with Gasteiger partial charge in [-0.3, -0.25) is 24.0 Å². The van der Waals surface area contributed by atoms with Crippen LogP contribution in [0, 0.1) is 11.8 Å². The van der Waals surface area contributed by atoms with E-state index < -0.39 is 54.0 Å². The lowest BCUT2D eigenvalue weighted by Gasteiger charge is -2.07. The van der Waals surface area contributed by atoms with Gasteiger partial charge >= 0.3 is 29.8 Å². The van der Waals surface area contributed by atoms with E-state index in [9.17, 15) is 28.8 Å². The molecule has 246 valence electrons. The Balaban J connectivity index is -0.000000454. The van der Waals surface area contributed by atoms with E-state index in [0.717, 1.165) is 19.4 Å². The Hall–Kier alpha value is -3.34. The van der Waals surface area contributed by atoms with Gasteiger partial charge in [0.15, 0.2) is 0 Å². The second kappa shape index (κ2) is 24.3. The van der Waals surface area contributed by atoms with Crippen LogP contribution in [0.15, 0.2) is 0 Å². The van der Waals surface area contributed by atoms with Gasteiger partial charge in [-0.15, -0.1) is 0 Å². The summed E-state index contributed by atoms with van der Waals surface area (Å²) in [5.74, 6) is -3.76. The number of likely N-dealkylation sites (N-methyl/N-ethyl adjacent to an activating group) is 1.